The third-order valence-corrected chi connectivity index (χ3v) is 6.39. The van der Waals surface area contributed by atoms with Gasteiger partial charge in [0, 0.05) is 13.1 Å². The molecule has 3 atom stereocenters. The predicted octanol–water partition coefficient (Wildman–Crippen LogP) is 3.67. The molecule has 0 saturated carbocycles. The molecule has 5 nitrogen and oxygen atoms in total. The van der Waals surface area contributed by atoms with Crippen LogP contribution in [0.25, 0.3) is 0 Å². The minimum absolute atomic E-state index is 0.235. The molecule has 8 heteroatoms. The van der Waals surface area contributed by atoms with Crippen LogP contribution >= 0.6 is 23.2 Å². The van der Waals surface area contributed by atoms with E-state index in [0.717, 1.165) is 23.4 Å². The molecule has 28 heavy (non-hydrogen) atoms. The number of halogens is 3. The molecule has 3 aliphatic rings. The molecule has 3 fully saturated rings. The van der Waals surface area contributed by atoms with Gasteiger partial charge >= 0.3 is 0 Å². The molecule has 0 spiro atoms. The second kappa shape index (κ2) is 6.52. The second-order valence-corrected chi connectivity index (χ2v) is 8.04. The highest BCUT2D eigenvalue weighted by molar-refractivity contribution is 6.42. The van der Waals surface area contributed by atoms with Gasteiger partial charge in [0.15, 0.2) is 0 Å². The van der Waals surface area contributed by atoms with Crippen LogP contribution in [0.5, 0.6) is 0 Å². The zero-order valence-electron chi connectivity index (χ0n) is 14.7. The van der Waals surface area contributed by atoms with Crippen LogP contribution in [0.4, 0.5) is 10.1 Å². The molecule has 0 unspecified atom stereocenters. The van der Waals surface area contributed by atoms with E-state index in [4.69, 9.17) is 23.2 Å². The van der Waals surface area contributed by atoms with Crippen LogP contribution in [-0.4, -0.2) is 41.0 Å². The minimum Gasteiger partial charge on any atom is -0.274 e. The van der Waals surface area contributed by atoms with Gasteiger partial charge in [-0.15, -0.1) is 0 Å². The van der Waals surface area contributed by atoms with Crippen molar-refractivity contribution in [2.75, 3.05) is 18.0 Å². The van der Waals surface area contributed by atoms with E-state index in [0.29, 0.717) is 6.54 Å². The number of rotatable bonds is 2. The summed E-state index contributed by atoms with van der Waals surface area (Å²) < 4.78 is 13.4. The van der Waals surface area contributed by atoms with Crippen molar-refractivity contribution < 1.29 is 14.0 Å². The summed E-state index contributed by atoms with van der Waals surface area (Å²) in [5.74, 6) is -1.57. The van der Waals surface area contributed by atoms with Gasteiger partial charge in [-0.3, -0.25) is 9.59 Å². The third kappa shape index (κ3) is 2.45. The number of hydrogen-bond donors (Lipinski definition) is 0. The highest BCUT2D eigenvalue weighted by Crippen LogP contribution is 2.50. The van der Waals surface area contributed by atoms with Crippen LogP contribution in [0, 0.1) is 11.7 Å². The van der Waals surface area contributed by atoms with Crippen molar-refractivity contribution in [1.82, 2.24) is 10.0 Å². The molecule has 2 aromatic rings. The van der Waals surface area contributed by atoms with E-state index >= 15 is 0 Å². The maximum atomic E-state index is 13.4. The first-order valence-corrected chi connectivity index (χ1v) is 9.85. The fourth-order valence-corrected chi connectivity index (χ4v) is 5.26. The van der Waals surface area contributed by atoms with Crippen LogP contribution in [-0.2, 0) is 9.59 Å². The first-order chi connectivity index (χ1) is 13.5. The van der Waals surface area contributed by atoms with Crippen molar-refractivity contribution in [2.24, 2.45) is 5.92 Å². The lowest BCUT2D eigenvalue weighted by atomic mass is 9.90. The lowest BCUT2D eigenvalue weighted by molar-refractivity contribution is -0.126. The maximum absolute atomic E-state index is 13.4. The number of carbonyl (C=O) groups is 2. The molecule has 0 aromatic heterocycles. The molecule has 3 saturated heterocycles. The number of nitrogens with zero attached hydrogens (tertiary/aromatic N) is 3. The Labute approximate surface area is 171 Å². The number of imide groups is 1. The average Bonchev–Trinajstić information content (AvgIpc) is 3.30. The van der Waals surface area contributed by atoms with Crippen molar-refractivity contribution in [3.8, 4) is 0 Å². The van der Waals surface area contributed by atoms with Gasteiger partial charge in [-0.1, -0.05) is 41.4 Å². The SMILES string of the molecule is O=C1[C@H]2[C@@H](C(=O)N1c1c(Cl)cccc1Cl)N1CCCN1[C@@H]2c1ccc(F)cc1. The molecular weight excluding hydrogens is 404 g/mol. The van der Waals surface area contributed by atoms with E-state index in [1.54, 1.807) is 30.3 Å². The van der Waals surface area contributed by atoms with E-state index < -0.39 is 12.0 Å². The Hall–Kier alpha value is -1.99. The molecule has 0 aliphatic carbocycles. The molecule has 144 valence electrons. The Morgan fingerprint density at radius 2 is 1.46 bits per heavy atom. The van der Waals surface area contributed by atoms with E-state index in [1.165, 1.54) is 12.1 Å². The summed E-state index contributed by atoms with van der Waals surface area (Å²) in [5, 5.41) is 4.56. The predicted molar refractivity (Wildman–Crippen MR) is 103 cm³/mol. The van der Waals surface area contributed by atoms with E-state index in [1.807, 2.05) is 5.01 Å². The molecule has 3 aliphatic heterocycles. The Bertz CT molecular complexity index is 964. The van der Waals surface area contributed by atoms with E-state index in [-0.39, 0.29) is 39.4 Å². The quantitative estimate of drug-likeness (QED) is 0.696. The third-order valence-electron chi connectivity index (χ3n) is 5.78. The standard InChI is InChI=1S/C20H16Cl2FN3O2/c21-13-3-1-4-14(22)17(13)26-19(27)15-16(11-5-7-12(23)8-6-11)24-9-2-10-25(24)18(15)20(26)28/h1,3-8,15-16,18H,2,9-10H2/t15-,16-,18+/m1/s1. The lowest BCUT2D eigenvalue weighted by Gasteiger charge is -2.30. The summed E-state index contributed by atoms with van der Waals surface area (Å²) in [6.45, 7) is 1.45. The number of benzene rings is 2. The average molecular weight is 420 g/mol. The first-order valence-electron chi connectivity index (χ1n) is 9.09. The molecule has 0 N–H and O–H groups in total. The normalized spacial score (nSPS) is 27.5. The zero-order valence-corrected chi connectivity index (χ0v) is 16.2. The summed E-state index contributed by atoms with van der Waals surface area (Å²) in [5.41, 5.74) is 1.05. The summed E-state index contributed by atoms with van der Waals surface area (Å²) >= 11 is 12.6. The van der Waals surface area contributed by atoms with Crippen molar-refractivity contribution in [1.29, 1.82) is 0 Å². The molecule has 2 amide bonds. The van der Waals surface area contributed by atoms with Crippen molar-refractivity contribution >= 4 is 40.7 Å². The van der Waals surface area contributed by atoms with E-state index in [9.17, 15) is 14.0 Å². The summed E-state index contributed by atoms with van der Waals surface area (Å²) in [7, 11) is 0. The number of amides is 2. The lowest BCUT2D eigenvalue weighted by Crippen LogP contribution is -2.44. The number of hydrazine groups is 1. The number of anilines is 1. The number of fused-ring (bicyclic) bond motifs is 3. The Kier molecular flexibility index (Phi) is 4.21. The number of para-hydroxylation sites is 1. The molecule has 0 radical (unpaired) electrons. The highest BCUT2D eigenvalue weighted by Gasteiger charge is 2.63. The van der Waals surface area contributed by atoms with Gasteiger partial charge in [-0.05, 0) is 36.2 Å². The van der Waals surface area contributed by atoms with E-state index in [2.05, 4.69) is 5.01 Å². The van der Waals surface area contributed by atoms with Gasteiger partial charge in [0.1, 0.15) is 11.9 Å². The van der Waals surface area contributed by atoms with Crippen molar-refractivity contribution in [2.45, 2.75) is 18.5 Å². The van der Waals surface area contributed by atoms with Gasteiger partial charge in [0.25, 0.3) is 5.91 Å². The highest BCUT2D eigenvalue weighted by atomic mass is 35.5. The van der Waals surface area contributed by atoms with Gasteiger partial charge < -0.3 is 0 Å². The maximum Gasteiger partial charge on any atom is 0.253 e. The van der Waals surface area contributed by atoms with Crippen LogP contribution in [0.15, 0.2) is 42.5 Å². The minimum atomic E-state index is -0.600. The Morgan fingerprint density at radius 3 is 2.11 bits per heavy atom. The van der Waals surface area contributed by atoms with Crippen LogP contribution in [0.1, 0.15) is 18.0 Å². The van der Waals surface area contributed by atoms with Crippen molar-refractivity contribution in [3.63, 3.8) is 0 Å². The number of hydrogen-bond acceptors (Lipinski definition) is 4. The van der Waals surface area contributed by atoms with Crippen LogP contribution in [0.2, 0.25) is 10.0 Å². The van der Waals surface area contributed by atoms with Gasteiger partial charge in [-0.2, -0.15) is 0 Å². The molecule has 3 heterocycles. The first kappa shape index (κ1) is 18.1. The van der Waals surface area contributed by atoms with Gasteiger partial charge in [-0.25, -0.2) is 19.3 Å². The molecular formula is C20H16Cl2FN3O2. The van der Waals surface area contributed by atoms with Gasteiger partial charge in [0.2, 0.25) is 5.91 Å². The Morgan fingerprint density at radius 1 is 0.857 bits per heavy atom. The number of carbonyl (C=O) groups excluding carboxylic acids is 2. The molecule has 0 bridgehead atoms. The monoisotopic (exact) mass is 419 g/mol. The molecule has 2 aromatic carbocycles. The summed E-state index contributed by atoms with van der Waals surface area (Å²) in [6, 6.07) is 10.1. The topological polar surface area (TPSA) is 43.9 Å². The largest absolute Gasteiger partial charge is 0.274 e. The van der Waals surface area contributed by atoms with Gasteiger partial charge in [0.05, 0.1) is 27.7 Å². The fourth-order valence-electron chi connectivity index (χ4n) is 4.70. The fraction of sp³-hybridized carbons (Fsp3) is 0.300. The summed E-state index contributed by atoms with van der Waals surface area (Å²) in [4.78, 5) is 27.9. The molecule has 5 rings (SSSR count). The van der Waals surface area contributed by atoms with Crippen LogP contribution in [0.3, 0.4) is 0 Å². The zero-order chi connectivity index (χ0) is 19.6. The Balaban J connectivity index is 1.62. The van der Waals surface area contributed by atoms with Crippen LogP contribution < -0.4 is 4.90 Å². The van der Waals surface area contributed by atoms with Crippen molar-refractivity contribution in [3.05, 3.63) is 63.9 Å². The second-order valence-electron chi connectivity index (χ2n) is 7.23. The smallest absolute Gasteiger partial charge is 0.253 e. The summed E-state index contributed by atoms with van der Waals surface area (Å²) in [6.07, 6.45) is 0.898.